The van der Waals surface area contributed by atoms with E-state index < -0.39 is 5.70 Å². The number of aromatic nitrogens is 1. The van der Waals surface area contributed by atoms with E-state index in [4.69, 9.17) is 7.48 Å². The van der Waals surface area contributed by atoms with Crippen LogP contribution in [0.25, 0.3) is 10.8 Å². The first-order chi connectivity index (χ1) is 8.01. The highest BCUT2D eigenvalue weighted by atomic mass is 32.2. The second-order valence-corrected chi connectivity index (χ2v) is 4.05. The van der Waals surface area contributed by atoms with Crippen molar-refractivity contribution in [2.45, 2.75) is 11.8 Å². The number of hydrogen-bond acceptors (Lipinski definition) is 3. The summed E-state index contributed by atoms with van der Waals surface area (Å²) >= 11 is 1.19. The van der Waals surface area contributed by atoms with Gasteiger partial charge in [0.05, 0.1) is 7.11 Å². The summed E-state index contributed by atoms with van der Waals surface area (Å²) in [6.45, 7) is 1.55. The number of rotatable bonds is 3. The van der Waals surface area contributed by atoms with Crippen LogP contribution in [-0.4, -0.2) is 17.8 Å². The SMILES string of the molecule is [1H][13C]([1H])(C)Sc1ccc(OC)c2ccncc12. The van der Waals surface area contributed by atoms with Crippen LogP contribution in [-0.2, 0) is 0 Å². The summed E-state index contributed by atoms with van der Waals surface area (Å²) in [5, 5.41) is 1.87. The zero-order chi connectivity index (χ0) is 12.5. The van der Waals surface area contributed by atoms with Crippen LogP contribution < -0.4 is 4.74 Å². The molecule has 1 heterocycles. The average Bonchev–Trinajstić information content (AvgIpc) is 2.28. The fraction of sp³-hybridized carbons (Fsp3) is 0.250. The molecule has 0 saturated carbocycles. The van der Waals surface area contributed by atoms with Crippen molar-refractivity contribution in [1.29, 1.82) is 0 Å². The summed E-state index contributed by atoms with van der Waals surface area (Å²) in [6, 6.07) is 5.61. The van der Waals surface area contributed by atoms with Crippen LogP contribution in [0.1, 0.15) is 9.67 Å². The summed E-state index contributed by atoms with van der Waals surface area (Å²) in [5.74, 6) is 0.781. The van der Waals surface area contributed by atoms with Crippen LogP contribution in [0.15, 0.2) is 35.5 Å². The molecule has 15 heavy (non-hydrogen) atoms. The third-order valence-corrected chi connectivity index (χ3v) is 2.95. The first kappa shape index (κ1) is 7.99. The van der Waals surface area contributed by atoms with E-state index in [1.807, 2.05) is 18.2 Å². The fourth-order valence-corrected chi connectivity index (χ4v) is 2.14. The maximum absolute atomic E-state index is 7.62. The van der Waals surface area contributed by atoms with Crippen LogP contribution in [0, 0.1) is 0 Å². The van der Waals surface area contributed by atoms with Gasteiger partial charge in [0.15, 0.2) is 0 Å². The highest BCUT2D eigenvalue weighted by molar-refractivity contribution is 7.99. The molecular weight excluding hydrogens is 207 g/mol. The van der Waals surface area contributed by atoms with Crippen molar-refractivity contribution in [3.8, 4) is 5.75 Å². The maximum Gasteiger partial charge on any atom is 0.126 e. The van der Waals surface area contributed by atoms with Crippen molar-refractivity contribution in [3.05, 3.63) is 30.6 Å². The van der Waals surface area contributed by atoms with Gasteiger partial charge in [-0.2, -0.15) is 0 Å². The molecule has 2 aromatic rings. The number of nitrogens with zero attached hydrogens (tertiary/aromatic N) is 1. The van der Waals surface area contributed by atoms with Crippen molar-refractivity contribution in [2.24, 2.45) is 0 Å². The second-order valence-electron chi connectivity index (χ2n) is 2.99. The summed E-state index contributed by atoms with van der Waals surface area (Å²) < 4.78 is 20.5. The Hall–Kier alpha value is -1.22. The molecule has 78 valence electrons. The van der Waals surface area contributed by atoms with Gasteiger partial charge in [0, 0.05) is 30.8 Å². The molecule has 0 atom stereocenters. The molecule has 2 rings (SSSR count). The molecule has 0 aliphatic carbocycles. The first-order valence-electron chi connectivity index (χ1n) is 5.61. The third kappa shape index (κ3) is 1.92. The molecule has 0 radical (unpaired) electrons. The van der Waals surface area contributed by atoms with E-state index in [2.05, 4.69) is 4.98 Å². The lowest BCUT2D eigenvalue weighted by Crippen LogP contribution is -1.87. The normalized spacial score (nSPS) is 13.5. The largest absolute Gasteiger partial charge is 0.496 e. The highest BCUT2D eigenvalue weighted by Gasteiger charge is 2.05. The minimum Gasteiger partial charge on any atom is -0.496 e. The Labute approximate surface area is 96.5 Å². The van der Waals surface area contributed by atoms with Gasteiger partial charge in [-0.05, 0) is 23.9 Å². The van der Waals surface area contributed by atoms with Gasteiger partial charge in [-0.15, -0.1) is 11.8 Å². The van der Waals surface area contributed by atoms with E-state index in [9.17, 15) is 0 Å². The number of hydrogen-bond donors (Lipinski definition) is 0. The minimum atomic E-state index is -1.31. The van der Waals surface area contributed by atoms with E-state index in [1.165, 1.54) is 11.8 Å². The Morgan fingerprint density at radius 1 is 1.40 bits per heavy atom. The predicted octanol–water partition coefficient (Wildman–Crippen LogP) is 3.36. The Morgan fingerprint density at radius 3 is 3.00 bits per heavy atom. The van der Waals surface area contributed by atoms with E-state index in [0.29, 0.717) is 0 Å². The lowest BCUT2D eigenvalue weighted by molar-refractivity contribution is 0.419. The molecule has 2 nitrogen and oxygen atoms in total. The van der Waals surface area contributed by atoms with Gasteiger partial charge in [0.2, 0.25) is 0 Å². The summed E-state index contributed by atoms with van der Waals surface area (Å²) in [5.41, 5.74) is -1.31. The van der Waals surface area contributed by atoms with Gasteiger partial charge in [-0.3, -0.25) is 4.98 Å². The second kappa shape index (κ2) is 4.53. The monoisotopic (exact) mass is 220 g/mol. The summed E-state index contributed by atoms with van der Waals surface area (Å²) in [4.78, 5) is 4.96. The van der Waals surface area contributed by atoms with E-state index in [1.54, 1.807) is 26.4 Å². The Bertz CT molecular complexity index is 540. The van der Waals surface area contributed by atoms with Crippen LogP contribution >= 0.6 is 11.8 Å². The Morgan fingerprint density at radius 2 is 2.27 bits per heavy atom. The zero-order valence-corrected chi connectivity index (χ0v) is 9.47. The number of ether oxygens (including phenoxy) is 1. The van der Waals surface area contributed by atoms with Crippen molar-refractivity contribution < 1.29 is 7.48 Å². The molecule has 0 aliphatic heterocycles. The molecular formula is C12H13NOS. The van der Waals surface area contributed by atoms with Gasteiger partial charge in [0.1, 0.15) is 5.75 Å². The number of thioether (sulfide) groups is 1. The number of methoxy groups -OCH3 is 1. The molecule has 0 unspecified atom stereocenters. The molecule has 1 aromatic carbocycles. The highest BCUT2D eigenvalue weighted by Crippen LogP contribution is 2.32. The lowest BCUT2D eigenvalue weighted by atomic mass is 10.1. The zero-order valence-electron chi connectivity index (χ0n) is 10.7. The summed E-state index contributed by atoms with van der Waals surface area (Å²) in [6.07, 6.45) is 3.45. The topological polar surface area (TPSA) is 22.1 Å². The van der Waals surface area contributed by atoms with E-state index in [0.717, 1.165) is 21.4 Å². The van der Waals surface area contributed by atoms with Crippen LogP contribution in [0.5, 0.6) is 5.75 Å². The predicted molar refractivity (Wildman–Crippen MR) is 64.7 cm³/mol. The minimum absolute atomic E-state index is 0.781. The molecule has 0 spiro atoms. The van der Waals surface area contributed by atoms with E-state index >= 15 is 0 Å². The number of benzene rings is 1. The van der Waals surface area contributed by atoms with Gasteiger partial charge < -0.3 is 4.74 Å². The molecule has 0 aliphatic rings. The molecule has 0 amide bonds. The standard InChI is InChI=1S/C12H13NOS/c1-3-15-12-5-4-11(14-2)9-6-7-13-8-10(9)12/h4-8H,3H2,1-2H3/i3+1H2. The Balaban J connectivity index is 2.59. The number of pyridine rings is 1. The van der Waals surface area contributed by atoms with Gasteiger partial charge >= 0.3 is 0 Å². The molecule has 0 fully saturated rings. The smallest absolute Gasteiger partial charge is 0.126 e. The van der Waals surface area contributed by atoms with Crippen molar-refractivity contribution in [3.63, 3.8) is 0 Å². The quantitative estimate of drug-likeness (QED) is 0.585. The Kier molecular flexibility index (Phi) is 2.42. The lowest BCUT2D eigenvalue weighted by Gasteiger charge is -2.08. The average molecular weight is 220 g/mol. The van der Waals surface area contributed by atoms with Crippen molar-refractivity contribution in [1.82, 2.24) is 4.98 Å². The van der Waals surface area contributed by atoms with Crippen LogP contribution in [0.4, 0.5) is 0 Å². The maximum atomic E-state index is 7.62. The van der Waals surface area contributed by atoms with Gasteiger partial charge in [0.25, 0.3) is 0 Å². The molecule has 0 N–H and O–H groups in total. The van der Waals surface area contributed by atoms with Crippen molar-refractivity contribution in [2.75, 3.05) is 12.8 Å². The van der Waals surface area contributed by atoms with Crippen LogP contribution in [0.3, 0.4) is 0 Å². The molecule has 0 bridgehead atoms. The molecule has 0 saturated heterocycles. The first-order valence-corrected chi connectivity index (χ1v) is 5.42. The summed E-state index contributed by atoms with van der Waals surface area (Å²) in [7, 11) is 1.63. The molecule has 3 heteroatoms. The van der Waals surface area contributed by atoms with Crippen molar-refractivity contribution >= 4 is 22.5 Å². The fourth-order valence-electron chi connectivity index (χ4n) is 1.51. The third-order valence-electron chi connectivity index (χ3n) is 2.17. The van der Waals surface area contributed by atoms with E-state index in [-0.39, 0.29) is 0 Å². The van der Waals surface area contributed by atoms with Gasteiger partial charge in [-0.1, -0.05) is 6.92 Å². The number of fused-ring (bicyclic) bond motifs is 1. The van der Waals surface area contributed by atoms with Gasteiger partial charge in [-0.25, -0.2) is 0 Å². The van der Waals surface area contributed by atoms with Crippen LogP contribution in [0.2, 0.25) is 0 Å². The molecule has 1 aromatic heterocycles.